The molecule has 23 heavy (non-hydrogen) atoms. The van der Waals surface area contributed by atoms with Gasteiger partial charge >= 0.3 is 0 Å². The molecule has 2 atom stereocenters. The summed E-state index contributed by atoms with van der Waals surface area (Å²) in [7, 11) is 0. The SMILES string of the molecule is Oc1ccc(C23C=CC4=C(CC(C=C4)N2)c2ccccc23)cc1. The van der Waals surface area contributed by atoms with Crippen molar-refractivity contribution in [3.63, 3.8) is 0 Å². The number of fused-ring (bicyclic) bond motifs is 1. The zero-order valence-corrected chi connectivity index (χ0v) is 12.7. The number of phenolic OH excluding ortho intramolecular Hbond substituents is 1. The Labute approximate surface area is 135 Å². The maximum Gasteiger partial charge on any atom is 0.115 e. The lowest BCUT2D eigenvalue weighted by molar-refractivity contribution is 0.447. The second-order valence-corrected chi connectivity index (χ2v) is 6.48. The summed E-state index contributed by atoms with van der Waals surface area (Å²) in [4.78, 5) is 0. The first-order valence-corrected chi connectivity index (χ1v) is 8.04. The standard InChI is InChI=1S/C21H17NO/c23-17-9-6-15(7-10-17)21-12-11-14-5-8-16(22-21)13-19(14)18-3-1-2-4-20(18)21/h1-12,16,22-23H,13H2. The fraction of sp³-hybridized carbons (Fsp3) is 0.143. The van der Waals surface area contributed by atoms with Gasteiger partial charge in [0.05, 0.1) is 5.54 Å². The van der Waals surface area contributed by atoms with Crippen LogP contribution in [0.1, 0.15) is 23.1 Å². The quantitative estimate of drug-likeness (QED) is 0.837. The molecule has 2 aliphatic carbocycles. The van der Waals surface area contributed by atoms with Crippen molar-refractivity contribution in [1.82, 2.24) is 5.32 Å². The van der Waals surface area contributed by atoms with Crippen LogP contribution in [0.25, 0.3) is 5.57 Å². The molecule has 1 heterocycles. The van der Waals surface area contributed by atoms with Crippen LogP contribution in [-0.4, -0.2) is 11.1 Å². The first-order chi connectivity index (χ1) is 11.3. The van der Waals surface area contributed by atoms with Crippen molar-refractivity contribution in [3.05, 3.63) is 95.1 Å². The topological polar surface area (TPSA) is 32.3 Å². The Balaban J connectivity index is 1.86. The molecule has 0 fully saturated rings. The second kappa shape index (κ2) is 4.46. The molecule has 2 aromatic carbocycles. The van der Waals surface area contributed by atoms with Crippen molar-refractivity contribution in [2.45, 2.75) is 18.0 Å². The highest BCUT2D eigenvalue weighted by Crippen LogP contribution is 2.46. The molecular formula is C21H17NO. The van der Waals surface area contributed by atoms with Crippen LogP contribution >= 0.6 is 0 Å². The van der Waals surface area contributed by atoms with Gasteiger partial charge in [0, 0.05) is 6.04 Å². The van der Waals surface area contributed by atoms with E-state index >= 15 is 0 Å². The first-order valence-electron chi connectivity index (χ1n) is 8.04. The average Bonchev–Trinajstić information content (AvgIpc) is 2.76. The minimum atomic E-state index is -0.358. The van der Waals surface area contributed by atoms with Gasteiger partial charge in [-0.15, -0.1) is 0 Å². The van der Waals surface area contributed by atoms with Gasteiger partial charge in [0.1, 0.15) is 5.75 Å². The molecule has 0 aromatic heterocycles. The number of phenols is 1. The van der Waals surface area contributed by atoms with E-state index < -0.39 is 0 Å². The van der Waals surface area contributed by atoms with Gasteiger partial charge in [0.2, 0.25) is 0 Å². The summed E-state index contributed by atoms with van der Waals surface area (Å²) < 4.78 is 0. The van der Waals surface area contributed by atoms with Gasteiger partial charge in [-0.05, 0) is 46.4 Å². The van der Waals surface area contributed by atoms with E-state index in [0.29, 0.717) is 11.8 Å². The zero-order valence-electron chi connectivity index (χ0n) is 12.7. The normalized spacial score (nSPS) is 27.0. The maximum absolute atomic E-state index is 9.68. The van der Waals surface area contributed by atoms with E-state index in [1.807, 2.05) is 12.1 Å². The van der Waals surface area contributed by atoms with Crippen LogP contribution in [0.4, 0.5) is 0 Å². The van der Waals surface area contributed by atoms with E-state index in [0.717, 1.165) is 12.0 Å². The van der Waals surface area contributed by atoms with Crippen molar-refractivity contribution in [3.8, 4) is 5.75 Å². The Morgan fingerprint density at radius 2 is 1.83 bits per heavy atom. The van der Waals surface area contributed by atoms with Gasteiger partial charge < -0.3 is 5.11 Å². The van der Waals surface area contributed by atoms with Crippen molar-refractivity contribution >= 4 is 5.57 Å². The molecule has 0 spiro atoms. The Morgan fingerprint density at radius 1 is 1.00 bits per heavy atom. The average molecular weight is 299 g/mol. The highest BCUT2D eigenvalue weighted by atomic mass is 16.3. The maximum atomic E-state index is 9.68. The van der Waals surface area contributed by atoms with E-state index in [-0.39, 0.29) is 5.54 Å². The molecule has 5 rings (SSSR count). The van der Waals surface area contributed by atoms with Gasteiger partial charge in [0.25, 0.3) is 0 Å². The van der Waals surface area contributed by atoms with E-state index in [4.69, 9.17) is 0 Å². The van der Waals surface area contributed by atoms with Gasteiger partial charge in [-0.25, -0.2) is 0 Å². The third kappa shape index (κ3) is 1.73. The molecule has 112 valence electrons. The van der Waals surface area contributed by atoms with Crippen molar-refractivity contribution in [2.75, 3.05) is 0 Å². The van der Waals surface area contributed by atoms with Crippen molar-refractivity contribution in [1.29, 1.82) is 0 Å². The van der Waals surface area contributed by atoms with Gasteiger partial charge in [0.15, 0.2) is 0 Å². The summed E-state index contributed by atoms with van der Waals surface area (Å²) in [6, 6.07) is 16.6. The molecule has 2 unspecified atom stereocenters. The summed E-state index contributed by atoms with van der Waals surface area (Å²) in [6.45, 7) is 0. The van der Waals surface area contributed by atoms with Crippen molar-refractivity contribution < 1.29 is 5.11 Å². The number of aromatic hydroxyl groups is 1. The van der Waals surface area contributed by atoms with E-state index in [1.165, 1.54) is 22.3 Å². The van der Waals surface area contributed by atoms with Gasteiger partial charge in [-0.1, -0.05) is 60.7 Å². The monoisotopic (exact) mass is 299 g/mol. The first kappa shape index (κ1) is 12.9. The van der Waals surface area contributed by atoms with Gasteiger partial charge in [-0.3, -0.25) is 5.32 Å². The lowest BCUT2D eigenvalue weighted by Gasteiger charge is -2.36. The Bertz CT molecular complexity index is 888. The van der Waals surface area contributed by atoms with E-state index in [2.05, 4.69) is 53.9 Å². The number of hydrogen-bond acceptors (Lipinski definition) is 2. The number of allylic oxidation sites excluding steroid dienone is 3. The predicted octanol–water partition coefficient (Wildman–Crippen LogP) is 3.89. The van der Waals surface area contributed by atoms with Crippen LogP contribution in [0, 0.1) is 0 Å². The Morgan fingerprint density at radius 3 is 2.70 bits per heavy atom. The lowest BCUT2D eigenvalue weighted by Crippen LogP contribution is -2.46. The van der Waals surface area contributed by atoms with Crippen LogP contribution in [0.5, 0.6) is 5.75 Å². The Hall–Kier alpha value is -2.58. The highest BCUT2D eigenvalue weighted by Gasteiger charge is 2.41. The Kier molecular flexibility index (Phi) is 2.51. The number of hydrogen-bond donors (Lipinski definition) is 2. The van der Waals surface area contributed by atoms with E-state index in [9.17, 15) is 5.11 Å². The molecule has 3 aliphatic rings. The molecule has 2 aromatic rings. The highest BCUT2D eigenvalue weighted by molar-refractivity contribution is 5.81. The van der Waals surface area contributed by atoms with Crippen LogP contribution in [0.3, 0.4) is 0 Å². The molecule has 0 saturated heterocycles. The fourth-order valence-corrected chi connectivity index (χ4v) is 4.12. The fourth-order valence-electron chi connectivity index (χ4n) is 4.12. The van der Waals surface area contributed by atoms with E-state index in [1.54, 1.807) is 12.1 Å². The molecule has 0 amide bonds. The smallest absolute Gasteiger partial charge is 0.115 e. The molecule has 0 radical (unpaired) electrons. The van der Waals surface area contributed by atoms with Crippen LogP contribution in [0.2, 0.25) is 0 Å². The summed E-state index contributed by atoms with van der Waals surface area (Å²) in [6.07, 6.45) is 10.0. The molecular weight excluding hydrogens is 282 g/mol. The van der Waals surface area contributed by atoms with Crippen LogP contribution in [-0.2, 0) is 5.54 Å². The number of rotatable bonds is 1. The predicted molar refractivity (Wildman–Crippen MR) is 92.1 cm³/mol. The summed E-state index contributed by atoms with van der Waals surface area (Å²) in [5, 5.41) is 13.5. The minimum Gasteiger partial charge on any atom is -0.508 e. The molecule has 2 nitrogen and oxygen atoms in total. The van der Waals surface area contributed by atoms with Crippen molar-refractivity contribution in [2.24, 2.45) is 0 Å². The van der Waals surface area contributed by atoms with Crippen LogP contribution < -0.4 is 5.32 Å². The molecule has 0 saturated carbocycles. The van der Waals surface area contributed by atoms with Crippen LogP contribution in [0.15, 0.2) is 78.4 Å². The molecule has 2 heteroatoms. The molecule has 1 aliphatic heterocycles. The summed E-state index contributed by atoms with van der Waals surface area (Å²) in [5.41, 5.74) is 6.16. The van der Waals surface area contributed by atoms with Gasteiger partial charge in [-0.2, -0.15) is 0 Å². The summed E-state index contributed by atoms with van der Waals surface area (Å²) in [5.74, 6) is 0.299. The molecule has 3 bridgehead atoms. The lowest BCUT2D eigenvalue weighted by atomic mass is 9.80. The molecule has 2 N–H and O–H groups in total. The number of nitrogens with one attached hydrogen (secondary N) is 1. The second-order valence-electron chi connectivity index (χ2n) is 6.48. The third-order valence-electron chi connectivity index (χ3n) is 5.21. The zero-order chi connectivity index (χ0) is 15.4. The largest absolute Gasteiger partial charge is 0.508 e. The minimum absolute atomic E-state index is 0.299. The summed E-state index contributed by atoms with van der Waals surface area (Å²) >= 11 is 0. The third-order valence-corrected chi connectivity index (χ3v) is 5.21. The number of benzene rings is 2.